The minimum Gasteiger partial charge on any atom is -0.370 e. The van der Waals surface area contributed by atoms with E-state index in [2.05, 4.69) is 36.6 Å². The summed E-state index contributed by atoms with van der Waals surface area (Å²) in [4.78, 5) is 85.8. The fourth-order valence-electron chi connectivity index (χ4n) is 4.72. The molecule has 0 spiro atoms. The zero-order chi connectivity index (χ0) is 34.1. The molecule has 0 aromatic heterocycles. The monoisotopic (exact) mass is 641 g/mol. The van der Waals surface area contributed by atoms with Crippen molar-refractivity contribution < 1.29 is 28.8 Å². The second-order valence-electron chi connectivity index (χ2n) is 11.5. The number of nitrogens with two attached hydrogens (primary N) is 2. The van der Waals surface area contributed by atoms with E-state index >= 15 is 0 Å². The van der Waals surface area contributed by atoms with Gasteiger partial charge in [-0.25, -0.2) is 4.99 Å². The van der Waals surface area contributed by atoms with E-state index in [1.54, 1.807) is 24.3 Å². The molecule has 0 radical (unpaired) electrons. The van der Waals surface area contributed by atoms with Gasteiger partial charge in [-0.15, -0.1) is 0 Å². The highest BCUT2D eigenvalue weighted by atomic mass is 16.2. The lowest BCUT2D eigenvalue weighted by Gasteiger charge is -2.25. The molecule has 1 aliphatic heterocycles. The third-order valence-electron chi connectivity index (χ3n) is 6.97. The molecule has 0 unspecified atom stereocenters. The zero-order valence-corrected chi connectivity index (χ0v) is 26.8. The van der Waals surface area contributed by atoms with Gasteiger partial charge in [0.2, 0.25) is 23.6 Å². The summed E-state index contributed by atoms with van der Waals surface area (Å²) in [6.07, 6.45) is 1.93. The number of carbonyl (C=O) groups excluding carboxylic acids is 6. The maximum absolute atomic E-state index is 13.6. The molecular formula is C31H47N9O6. The van der Waals surface area contributed by atoms with E-state index in [0.29, 0.717) is 19.3 Å². The molecule has 3 atom stereocenters. The highest BCUT2D eigenvalue weighted by molar-refractivity contribution is 6.41. The molecule has 15 heteroatoms. The van der Waals surface area contributed by atoms with Crippen LogP contribution in [0.4, 0.5) is 0 Å². The van der Waals surface area contributed by atoms with Gasteiger partial charge in [-0.1, -0.05) is 44.2 Å². The van der Waals surface area contributed by atoms with Crippen LogP contribution < -0.4 is 38.1 Å². The Hall–Kier alpha value is -4.82. The van der Waals surface area contributed by atoms with E-state index in [1.165, 1.54) is 6.92 Å². The lowest BCUT2D eigenvalue weighted by atomic mass is 10.0. The van der Waals surface area contributed by atoms with Crippen LogP contribution in [0.1, 0.15) is 64.9 Å². The largest absolute Gasteiger partial charge is 0.370 e. The molecule has 0 aliphatic carbocycles. The Kier molecular flexibility index (Phi) is 15.9. The van der Waals surface area contributed by atoms with Crippen LogP contribution in [-0.2, 0) is 35.2 Å². The Morgan fingerprint density at radius 1 is 1.07 bits per heavy atom. The summed E-state index contributed by atoms with van der Waals surface area (Å²) >= 11 is 0. The lowest BCUT2D eigenvalue weighted by Crippen LogP contribution is -2.55. The smallest absolute Gasteiger partial charge is 0.268 e. The van der Waals surface area contributed by atoms with Gasteiger partial charge in [-0.05, 0) is 50.0 Å². The predicted octanol–water partition coefficient (Wildman–Crippen LogP) is -0.813. The van der Waals surface area contributed by atoms with E-state index in [9.17, 15) is 28.8 Å². The van der Waals surface area contributed by atoms with Gasteiger partial charge in [0.25, 0.3) is 11.8 Å². The van der Waals surface area contributed by atoms with Crippen molar-refractivity contribution >= 4 is 47.1 Å². The summed E-state index contributed by atoms with van der Waals surface area (Å²) in [7, 11) is 0. The number of guanidine groups is 1. The number of hydrogen-bond acceptors (Lipinski definition) is 7. The van der Waals surface area contributed by atoms with Crippen molar-refractivity contribution in [1.29, 1.82) is 0 Å². The van der Waals surface area contributed by atoms with Crippen molar-refractivity contribution in [3.63, 3.8) is 0 Å². The second kappa shape index (κ2) is 19.5. The van der Waals surface area contributed by atoms with Crippen LogP contribution in [0.2, 0.25) is 0 Å². The molecule has 252 valence electrons. The van der Waals surface area contributed by atoms with Gasteiger partial charge in [0, 0.05) is 26.4 Å². The summed E-state index contributed by atoms with van der Waals surface area (Å²) in [5, 5.41) is 13.3. The number of amides is 6. The van der Waals surface area contributed by atoms with Crippen LogP contribution in [0.25, 0.3) is 0 Å². The molecule has 1 aliphatic rings. The molecule has 0 fully saturated rings. The van der Waals surface area contributed by atoms with Crippen LogP contribution in [-0.4, -0.2) is 84.9 Å². The maximum atomic E-state index is 13.6. The fourth-order valence-corrected chi connectivity index (χ4v) is 4.72. The predicted molar refractivity (Wildman–Crippen MR) is 173 cm³/mol. The minimum absolute atomic E-state index is 0.0226. The Morgan fingerprint density at radius 3 is 2.43 bits per heavy atom. The quantitative estimate of drug-likeness (QED) is 0.0913. The number of carbonyl (C=O) groups is 6. The van der Waals surface area contributed by atoms with E-state index in [0.717, 1.165) is 5.56 Å². The third kappa shape index (κ3) is 14.3. The van der Waals surface area contributed by atoms with Gasteiger partial charge in [0.15, 0.2) is 5.96 Å². The molecule has 1 aromatic carbocycles. The van der Waals surface area contributed by atoms with E-state index in [-0.39, 0.29) is 62.9 Å². The number of nitrogens with zero attached hydrogens (tertiary/aromatic N) is 2. The summed E-state index contributed by atoms with van der Waals surface area (Å²) in [5.41, 5.74) is 11.3. The van der Waals surface area contributed by atoms with Gasteiger partial charge in [0.05, 0.1) is 6.54 Å². The van der Waals surface area contributed by atoms with Crippen LogP contribution in [0.3, 0.4) is 0 Å². The molecule has 0 saturated heterocycles. The van der Waals surface area contributed by atoms with Gasteiger partial charge in [-0.3, -0.25) is 33.8 Å². The second-order valence-corrected chi connectivity index (χ2v) is 11.5. The topological polar surface area (TPSA) is 239 Å². The summed E-state index contributed by atoms with van der Waals surface area (Å²) < 4.78 is 0. The first-order chi connectivity index (χ1) is 21.8. The normalized spacial score (nSPS) is 19.2. The minimum atomic E-state index is -1.09. The molecule has 6 amide bonds. The molecule has 2 rings (SSSR count). The number of benzene rings is 1. The van der Waals surface area contributed by atoms with Crippen molar-refractivity contribution in [2.45, 2.75) is 83.8 Å². The van der Waals surface area contributed by atoms with Crippen molar-refractivity contribution in [3.05, 3.63) is 35.9 Å². The Bertz CT molecular complexity index is 1280. The highest BCUT2D eigenvalue weighted by Crippen LogP contribution is 2.11. The fraction of sp³-hybridized carbons (Fsp3) is 0.548. The number of aliphatic imine (C=N–C) groups is 2. The Morgan fingerprint density at radius 2 is 1.78 bits per heavy atom. The van der Waals surface area contributed by atoms with Crippen LogP contribution in [0.5, 0.6) is 0 Å². The summed E-state index contributed by atoms with van der Waals surface area (Å²) in [5.74, 6) is -3.61. The van der Waals surface area contributed by atoms with E-state index < -0.39 is 53.6 Å². The number of nitrogens with one attached hydrogen (secondary N) is 5. The number of rotatable bonds is 11. The first-order valence-electron chi connectivity index (χ1n) is 15.5. The molecule has 1 heterocycles. The van der Waals surface area contributed by atoms with Gasteiger partial charge in [-0.2, -0.15) is 0 Å². The molecular weight excluding hydrogens is 594 g/mol. The number of hydrogen-bond donors (Lipinski definition) is 7. The first-order valence-corrected chi connectivity index (χ1v) is 15.5. The van der Waals surface area contributed by atoms with Crippen molar-refractivity contribution in [1.82, 2.24) is 26.6 Å². The molecule has 1 aromatic rings. The van der Waals surface area contributed by atoms with Crippen molar-refractivity contribution in [2.75, 3.05) is 19.6 Å². The zero-order valence-electron chi connectivity index (χ0n) is 26.8. The maximum Gasteiger partial charge on any atom is 0.268 e. The Balaban J connectivity index is 2.37. The van der Waals surface area contributed by atoms with Crippen LogP contribution in [0.15, 0.2) is 40.3 Å². The Labute approximate surface area is 269 Å². The van der Waals surface area contributed by atoms with Crippen LogP contribution in [0, 0.1) is 5.92 Å². The third-order valence-corrected chi connectivity index (χ3v) is 6.97. The lowest BCUT2D eigenvalue weighted by molar-refractivity contribution is -0.133. The van der Waals surface area contributed by atoms with Gasteiger partial charge < -0.3 is 38.1 Å². The summed E-state index contributed by atoms with van der Waals surface area (Å²) in [6, 6.07) is 5.83. The average molecular weight is 642 g/mol. The average Bonchev–Trinajstić information content (AvgIpc) is 2.99. The molecule has 9 N–H and O–H groups in total. The van der Waals surface area contributed by atoms with E-state index in [1.807, 2.05) is 19.9 Å². The summed E-state index contributed by atoms with van der Waals surface area (Å²) in [6.45, 7) is 5.23. The molecule has 46 heavy (non-hydrogen) atoms. The molecule has 0 saturated carbocycles. The van der Waals surface area contributed by atoms with Crippen molar-refractivity contribution in [3.8, 4) is 0 Å². The SMILES string of the molecule is CC(=O)N[C@@H](CCCN=C(N)N)C(=O)N[C@H]1CCCCNC(=O)CNC(=O)C(Cc2ccccc2)=NC(=O)[C@H](CC(C)C)NC1=O. The first kappa shape index (κ1) is 37.4. The standard InChI is InChI=1S/C31H47N9O6/c1-19(2)16-24-30(46)40-25(17-21-10-5-4-6-11-21)27(43)36-18-26(42)34-14-8-7-12-23(29(45)39-24)38-28(44)22(37-20(3)41)13-9-15-35-31(32)33/h4-6,10-11,19,22-24H,7-9,12-18H2,1-3H3,(H,34,42)(H,36,43)(H,37,41)(H,38,44)(H,39,45)(H4,32,33,35)/t22-,23-,24-/m0/s1. The molecule has 15 nitrogen and oxygen atoms in total. The van der Waals surface area contributed by atoms with Gasteiger partial charge in [0.1, 0.15) is 23.8 Å². The van der Waals surface area contributed by atoms with Crippen LogP contribution >= 0.6 is 0 Å². The van der Waals surface area contributed by atoms with E-state index in [4.69, 9.17) is 11.5 Å². The van der Waals surface area contributed by atoms with Gasteiger partial charge >= 0.3 is 0 Å². The highest BCUT2D eigenvalue weighted by Gasteiger charge is 2.30. The molecule has 0 bridgehead atoms. The van der Waals surface area contributed by atoms with Crippen molar-refractivity contribution in [2.24, 2.45) is 27.4 Å².